The maximum atomic E-state index is 5.61. The monoisotopic (exact) mass is 307 g/mol. The highest BCUT2D eigenvalue weighted by Crippen LogP contribution is 2.23. The fourth-order valence-electron chi connectivity index (χ4n) is 1.16. The number of hydrogen-bond donors (Lipinski definition) is 1. The largest absolute Gasteiger partial charge is 0.382 e. The second-order valence-electron chi connectivity index (χ2n) is 4.05. The Labute approximate surface area is 131 Å². The molecule has 5 nitrogen and oxygen atoms in total. The van der Waals surface area contributed by atoms with Crippen LogP contribution in [0.25, 0.3) is 0 Å². The van der Waals surface area contributed by atoms with E-state index in [2.05, 4.69) is 26.5 Å². The molecule has 0 amide bonds. The number of nitrogens with zero attached hydrogens (tertiary/aromatic N) is 4. The minimum atomic E-state index is 0.158. The van der Waals surface area contributed by atoms with Crippen LogP contribution in [-0.4, -0.2) is 29.4 Å². The molecular weight excluding hydrogens is 286 g/mol. The van der Waals surface area contributed by atoms with Crippen molar-refractivity contribution in [3.05, 3.63) is 35.3 Å². The van der Waals surface area contributed by atoms with Crippen molar-refractivity contribution in [3.8, 4) is 0 Å². The van der Waals surface area contributed by atoms with Crippen molar-refractivity contribution in [2.75, 3.05) is 12.8 Å². The topological polar surface area (TPSA) is 76.5 Å². The number of allylic oxidation sites excluding steroid dienone is 3. The number of rotatable bonds is 4. The minimum absolute atomic E-state index is 0.158. The molecule has 1 rings (SSSR count). The molecule has 0 aliphatic rings. The van der Waals surface area contributed by atoms with Crippen LogP contribution in [0.3, 0.4) is 0 Å². The molecule has 21 heavy (non-hydrogen) atoms. The standard InChI is InChI=1S/C8H11ClN4.C7H11N/c1-3-4-11-6-5(2)12-8(9)13-7(6)10;1-4-7(2)5-6-8-3/h4H,3H2,1-2H3,(H2,10,12,13);4-6H,1H2,2-3H3/b;7-5-,8-6?. The molecule has 0 atom stereocenters. The molecule has 1 aromatic rings. The van der Waals surface area contributed by atoms with Gasteiger partial charge in [-0.1, -0.05) is 25.2 Å². The second-order valence-corrected chi connectivity index (χ2v) is 4.39. The normalized spacial score (nSPS) is 11.6. The number of nitrogens with two attached hydrogens (primary N) is 1. The predicted octanol–water partition coefficient (Wildman–Crippen LogP) is 3.95. The second kappa shape index (κ2) is 10.7. The first kappa shape index (κ1) is 19.0. The van der Waals surface area contributed by atoms with E-state index >= 15 is 0 Å². The zero-order valence-corrected chi connectivity index (χ0v) is 13.7. The van der Waals surface area contributed by atoms with Crippen molar-refractivity contribution < 1.29 is 0 Å². The highest BCUT2D eigenvalue weighted by molar-refractivity contribution is 6.28. The molecule has 2 N–H and O–H groups in total. The first-order valence-corrected chi connectivity index (χ1v) is 6.87. The van der Waals surface area contributed by atoms with Crippen LogP contribution in [0.5, 0.6) is 0 Å². The van der Waals surface area contributed by atoms with Gasteiger partial charge in [0.1, 0.15) is 5.69 Å². The van der Waals surface area contributed by atoms with Gasteiger partial charge in [-0.15, -0.1) is 0 Å². The Morgan fingerprint density at radius 1 is 1.43 bits per heavy atom. The Hall–Kier alpha value is -2.01. The number of halogens is 1. The molecule has 0 bridgehead atoms. The van der Waals surface area contributed by atoms with E-state index in [9.17, 15) is 0 Å². The van der Waals surface area contributed by atoms with Crippen LogP contribution in [0.1, 0.15) is 26.0 Å². The quantitative estimate of drug-likeness (QED) is 0.520. The summed E-state index contributed by atoms with van der Waals surface area (Å²) in [5.41, 5.74) is 8.05. The third kappa shape index (κ3) is 7.99. The zero-order valence-electron chi connectivity index (χ0n) is 13.0. The van der Waals surface area contributed by atoms with Gasteiger partial charge >= 0.3 is 0 Å². The first-order valence-electron chi connectivity index (χ1n) is 6.49. The van der Waals surface area contributed by atoms with Crippen LogP contribution in [0.4, 0.5) is 11.5 Å². The molecule has 0 radical (unpaired) electrons. The molecule has 0 spiro atoms. The van der Waals surface area contributed by atoms with Crippen molar-refractivity contribution in [2.45, 2.75) is 27.2 Å². The lowest BCUT2D eigenvalue weighted by atomic mass is 10.3. The van der Waals surface area contributed by atoms with E-state index < -0.39 is 0 Å². The van der Waals surface area contributed by atoms with E-state index in [1.165, 1.54) is 0 Å². The summed E-state index contributed by atoms with van der Waals surface area (Å²) >= 11 is 5.60. The van der Waals surface area contributed by atoms with Crippen molar-refractivity contribution in [2.24, 2.45) is 9.98 Å². The fourth-order valence-corrected chi connectivity index (χ4v) is 1.37. The third-order valence-corrected chi connectivity index (χ3v) is 2.44. The Bertz CT molecular complexity index is 524. The Morgan fingerprint density at radius 2 is 2.10 bits per heavy atom. The average molecular weight is 308 g/mol. The SMILES string of the molecule is C=C/C(C)=C\C=NC.CCC=Nc1c(C)nc(Cl)nc1N. The maximum absolute atomic E-state index is 5.61. The van der Waals surface area contributed by atoms with E-state index in [4.69, 9.17) is 17.3 Å². The van der Waals surface area contributed by atoms with Crippen LogP contribution >= 0.6 is 11.6 Å². The van der Waals surface area contributed by atoms with Gasteiger partial charge < -0.3 is 5.73 Å². The smallest absolute Gasteiger partial charge is 0.224 e. The highest BCUT2D eigenvalue weighted by atomic mass is 35.5. The summed E-state index contributed by atoms with van der Waals surface area (Å²) in [5.74, 6) is 0.321. The van der Waals surface area contributed by atoms with Gasteiger partial charge in [0.25, 0.3) is 0 Å². The van der Waals surface area contributed by atoms with Crippen LogP contribution in [0, 0.1) is 6.92 Å². The van der Waals surface area contributed by atoms with Gasteiger partial charge in [-0.25, -0.2) is 4.98 Å². The Morgan fingerprint density at radius 3 is 2.57 bits per heavy atom. The molecule has 0 fully saturated rings. The highest BCUT2D eigenvalue weighted by Gasteiger charge is 2.05. The fraction of sp³-hybridized carbons (Fsp3) is 0.333. The van der Waals surface area contributed by atoms with Gasteiger partial charge in [-0.3, -0.25) is 9.98 Å². The van der Waals surface area contributed by atoms with Crippen molar-refractivity contribution in [1.29, 1.82) is 0 Å². The van der Waals surface area contributed by atoms with Gasteiger partial charge in [0.2, 0.25) is 5.28 Å². The van der Waals surface area contributed by atoms with Gasteiger partial charge in [-0.2, -0.15) is 4.98 Å². The maximum Gasteiger partial charge on any atom is 0.224 e. The summed E-state index contributed by atoms with van der Waals surface area (Å²) in [6.45, 7) is 9.35. The third-order valence-electron chi connectivity index (χ3n) is 2.27. The van der Waals surface area contributed by atoms with Crippen molar-refractivity contribution in [3.63, 3.8) is 0 Å². The molecule has 0 saturated heterocycles. The van der Waals surface area contributed by atoms with Crippen molar-refractivity contribution >= 4 is 35.5 Å². The summed E-state index contributed by atoms with van der Waals surface area (Å²) < 4.78 is 0. The number of aliphatic imine (C=N–C) groups is 2. The Balaban J connectivity index is 0.000000433. The molecule has 0 aliphatic heterocycles. The number of aromatic nitrogens is 2. The van der Waals surface area contributed by atoms with Gasteiger partial charge in [0, 0.05) is 19.5 Å². The zero-order chi connectivity index (χ0) is 16.3. The lowest BCUT2D eigenvalue weighted by Crippen LogP contribution is -1.96. The number of hydrogen-bond acceptors (Lipinski definition) is 5. The predicted molar refractivity (Wildman–Crippen MR) is 93.0 cm³/mol. The average Bonchev–Trinajstić information content (AvgIpc) is 2.44. The van der Waals surface area contributed by atoms with E-state index in [1.54, 1.807) is 32.5 Å². The van der Waals surface area contributed by atoms with Crippen LogP contribution in [0.15, 0.2) is 34.3 Å². The van der Waals surface area contributed by atoms with E-state index in [1.807, 2.05) is 19.9 Å². The first-order chi connectivity index (χ1) is 9.96. The lowest BCUT2D eigenvalue weighted by molar-refractivity contribution is 1.10. The molecule has 1 aromatic heterocycles. The molecule has 0 saturated carbocycles. The van der Waals surface area contributed by atoms with Gasteiger partial charge in [0.05, 0.1) is 5.69 Å². The molecule has 1 heterocycles. The molecule has 6 heteroatoms. The van der Waals surface area contributed by atoms with E-state index in [0.717, 1.165) is 12.0 Å². The minimum Gasteiger partial charge on any atom is -0.382 e. The van der Waals surface area contributed by atoms with E-state index in [0.29, 0.717) is 17.2 Å². The summed E-state index contributed by atoms with van der Waals surface area (Å²) in [7, 11) is 1.74. The number of anilines is 1. The summed E-state index contributed by atoms with van der Waals surface area (Å²) in [4.78, 5) is 15.7. The Kier molecular flexibility index (Phi) is 9.71. The lowest BCUT2D eigenvalue weighted by Gasteiger charge is -2.02. The van der Waals surface area contributed by atoms with Crippen LogP contribution in [-0.2, 0) is 0 Å². The molecule has 114 valence electrons. The number of nitrogen functional groups attached to an aromatic ring is 1. The summed E-state index contributed by atoms with van der Waals surface area (Å²) in [6, 6.07) is 0. The van der Waals surface area contributed by atoms with Gasteiger partial charge in [-0.05, 0) is 37.9 Å². The van der Waals surface area contributed by atoms with Crippen LogP contribution in [0.2, 0.25) is 5.28 Å². The molecule has 0 aromatic carbocycles. The van der Waals surface area contributed by atoms with E-state index in [-0.39, 0.29) is 5.28 Å². The van der Waals surface area contributed by atoms with Crippen molar-refractivity contribution in [1.82, 2.24) is 9.97 Å². The number of aryl methyl sites for hydroxylation is 1. The summed E-state index contributed by atoms with van der Waals surface area (Å²) in [6.07, 6.45) is 8.06. The van der Waals surface area contributed by atoms with Crippen LogP contribution < -0.4 is 5.73 Å². The molecular formula is C15H22ClN5. The molecule has 0 aliphatic carbocycles. The van der Waals surface area contributed by atoms with Gasteiger partial charge in [0.15, 0.2) is 5.82 Å². The molecule has 0 unspecified atom stereocenters. The summed E-state index contributed by atoms with van der Waals surface area (Å²) in [5, 5.41) is 0.158.